The SMILES string of the molecule is CCc1c(F)ccc2cc(O)cc(-c3ncc4c(N5CCCC(CNC(=O)CCCCCCCCCCC(=O)NCc6ccc7c8c(cccc68)C(=O)N7C6CCC(=O)NC6=O)C5)nc(OC[C@@]56CCCN5C[C@H](F)C6)nc4c3F)c12. The number of aromatic nitrogens is 3. The number of carbonyl (C=O) groups excluding carboxylic acids is 5. The Morgan fingerprint density at radius 1 is 0.852 bits per heavy atom. The van der Waals surface area contributed by atoms with E-state index in [2.05, 4.69) is 35.7 Å². The number of hydrogen-bond acceptors (Lipinski definition) is 12. The second-order valence-electron chi connectivity index (χ2n) is 22.8. The number of aromatic hydroxyl groups is 1. The van der Waals surface area contributed by atoms with Crippen LogP contribution in [0.3, 0.4) is 0 Å². The summed E-state index contributed by atoms with van der Waals surface area (Å²) in [6.45, 7) is 5.02. The maximum Gasteiger partial charge on any atom is 0.319 e. The molecule has 0 bridgehead atoms. The maximum absolute atomic E-state index is 17.3. The highest BCUT2D eigenvalue weighted by atomic mass is 19.1. The van der Waals surface area contributed by atoms with E-state index in [0.717, 1.165) is 99.9 Å². The molecule has 5 amide bonds. The van der Waals surface area contributed by atoms with Crippen molar-refractivity contribution in [3.8, 4) is 23.0 Å². The van der Waals surface area contributed by atoms with E-state index in [1.165, 1.54) is 29.3 Å². The van der Waals surface area contributed by atoms with Crippen LogP contribution < -0.4 is 30.5 Å². The number of phenolic OH excluding ortho intramolecular Hbond substituents is 1. The van der Waals surface area contributed by atoms with E-state index < -0.39 is 35.3 Å². The second kappa shape index (κ2) is 24.0. The molecule has 0 saturated carbocycles. The van der Waals surface area contributed by atoms with E-state index in [9.17, 15) is 33.5 Å². The van der Waals surface area contributed by atoms with Crippen LogP contribution in [0.1, 0.15) is 138 Å². The Balaban J connectivity index is 0.635. The first kappa shape index (κ1) is 55.5. The summed E-state index contributed by atoms with van der Waals surface area (Å²) in [6, 6.07) is 14.2. The lowest BCUT2D eigenvalue weighted by Crippen LogP contribution is -2.53. The summed E-state index contributed by atoms with van der Waals surface area (Å²) >= 11 is 0. The summed E-state index contributed by atoms with van der Waals surface area (Å²) in [4.78, 5) is 83.8. The second-order valence-corrected chi connectivity index (χ2v) is 22.8. The highest BCUT2D eigenvalue weighted by Crippen LogP contribution is 2.44. The largest absolute Gasteiger partial charge is 0.508 e. The normalized spacial score (nSPS) is 20.9. The predicted octanol–water partition coefficient (Wildman–Crippen LogP) is 9.81. The zero-order valence-electron chi connectivity index (χ0n) is 45.9. The molecule has 11 rings (SSSR count). The highest BCUT2D eigenvalue weighted by molar-refractivity contribution is 6.27. The van der Waals surface area contributed by atoms with Crippen molar-refractivity contribution in [1.29, 1.82) is 0 Å². The molecule has 426 valence electrons. The molecule has 5 aliphatic heterocycles. The number of aryl methyl sites for hydroxylation is 1. The quantitative estimate of drug-likeness (QED) is 0.0371. The van der Waals surface area contributed by atoms with E-state index in [1.807, 2.05) is 31.2 Å². The fraction of sp³-hybridized carbons (Fsp3) is 0.484. The first-order valence-electron chi connectivity index (χ1n) is 29.1. The van der Waals surface area contributed by atoms with Crippen LogP contribution in [0.2, 0.25) is 0 Å². The smallest absolute Gasteiger partial charge is 0.319 e. The number of piperidine rings is 2. The van der Waals surface area contributed by atoms with Crippen LogP contribution in [-0.2, 0) is 32.1 Å². The molecule has 4 N–H and O–H groups in total. The molecule has 4 atom stereocenters. The van der Waals surface area contributed by atoms with Gasteiger partial charge in [-0.05, 0) is 121 Å². The van der Waals surface area contributed by atoms with Gasteiger partial charge in [-0.25, -0.2) is 13.2 Å². The van der Waals surface area contributed by atoms with Crippen molar-refractivity contribution in [2.24, 2.45) is 5.92 Å². The number of ether oxygens (including phenoxy) is 1. The molecule has 16 nitrogen and oxygen atoms in total. The molecular formula is C62H70F3N9O7. The first-order valence-corrected chi connectivity index (χ1v) is 29.1. The molecule has 19 heteroatoms. The molecule has 0 spiro atoms. The molecule has 5 aliphatic rings. The number of imide groups is 1. The minimum atomic E-state index is -0.964. The number of fused-ring (bicyclic) bond motifs is 3. The van der Waals surface area contributed by atoms with Gasteiger partial charge in [-0.1, -0.05) is 69.7 Å². The summed E-state index contributed by atoms with van der Waals surface area (Å²) in [5.74, 6) is -1.92. The Hall–Kier alpha value is -7.41. The Morgan fingerprint density at radius 2 is 1.63 bits per heavy atom. The van der Waals surface area contributed by atoms with Gasteiger partial charge in [0, 0.05) is 81.1 Å². The number of pyridine rings is 1. The first-order chi connectivity index (χ1) is 39.3. The lowest BCUT2D eigenvalue weighted by molar-refractivity contribution is -0.134. The Bertz CT molecular complexity index is 3440. The molecular weight excluding hydrogens is 1040 g/mol. The lowest BCUT2D eigenvalue weighted by atomic mass is 9.94. The van der Waals surface area contributed by atoms with Gasteiger partial charge in [0.15, 0.2) is 5.82 Å². The van der Waals surface area contributed by atoms with Crippen molar-refractivity contribution in [1.82, 2.24) is 35.8 Å². The van der Waals surface area contributed by atoms with E-state index >= 15 is 8.78 Å². The van der Waals surface area contributed by atoms with Crippen LogP contribution in [0.5, 0.6) is 11.8 Å². The van der Waals surface area contributed by atoms with Crippen molar-refractivity contribution < 1.29 is 47.0 Å². The summed E-state index contributed by atoms with van der Waals surface area (Å²) in [5, 5.41) is 22.3. The third-order valence-corrected chi connectivity index (χ3v) is 17.4. The van der Waals surface area contributed by atoms with Gasteiger partial charge in [0.1, 0.15) is 47.4 Å². The number of nitrogens with zero attached hydrogens (tertiary/aromatic N) is 6. The van der Waals surface area contributed by atoms with Gasteiger partial charge in [-0.3, -0.25) is 44.1 Å². The predicted molar refractivity (Wildman–Crippen MR) is 303 cm³/mol. The molecule has 2 unspecified atom stereocenters. The number of amides is 5. The van der Waals surface area contributed by atoms with Crippen LogP contribution in [0, 0.1) is 17.6 Å². The van der Waals surface area contributed by atoms with Crippen LogP contribution in [0.4, 0.5) is 24.7 Å². The number of unbranched alkanes of at least 4 members (excludes halogenated alkanes) is 7. The average molecular weight is 1110 g/mol. The van der Waals surface area contributed by atoms with E-state index in [4.69, 9.17) is 9.72 Å². The highest BCUT2D eigenvalue weighted by Gasteiger charge is 2.49. The Morgan fingerprint density at radius 3 is 2.41 bits per heavy atom. The molecule has 7 heterocycles. The Kier molecular flexibility index (Phi) is 16.4. The molecule has 2 aromatic heterocycles. The van der Waals surface area contributed by atoms with Gasteiger partial charge in [0.05, 0.1) is 16.6 Å². The number of phenols is 1. The van der Waals surface area contributed by atoms with E-state index in [-0.39, 0.29) is 77.5 Å². The number of alkyl halides is 1. The third-order valence-electron chi connectivity index (χ3n) is 17.4. The van der Waals surface area contributed by atoms with Crippen molar-refractivity contribution in [2.45, 2.75) is 147 Å². The fourth-order valence-corrected chi connectivity index (χ4v) is 13.3. The minimum absolute atomic E-state index is 0.000848. The van der Waals surface area contributed by atoms with Crippen molar-refractivity contribution in [3.05, 3.63) is 89.1 Å². The average Bonchev–Trinajstić information content (AvgIpc) is 4.34. The summed E-state index contributed by atoms with van der Waals surface area (Å²) in [6.07, 6.45) is 13.5. The molecule has 81 heavy (non-hydrogen) atoms. The number of rotatable bonds is 22. The number of nitrogens with one attached hydrogen (secondary N) is 3. The summed E-state index contributed by atoms with van der Waals surface area (Å²) in [7, 11) is 0. The minimum Gasteiger partial charge on any atom is -0.508 e. The zero-order chi connectivity index (χ0) is 56.4. The van der Waals surface area contributed by atoms with Crippen molar-refractivity contribution in [2.75, 3.05) is 49.1 Å². The zero-order valence-corrected chi connectivity index (χ0v) is 45.9. The van der Waals surface area contributed by atoms with E-state index in [1.54, 1.807) is 12.1 Å². The lowest BCUT2D eigenvalue weighted by Gasteiger charge is -2.34. The van der Waals surface area contributed by atoms with Crippen LogP contribution >= 0.6 is 0 Å². The van der Waals surface area contributed by atoms with Gasteiger partial charge in [-0.2, -0.15) is 9.97 Å². The van der Waals surface area contributed by atoms with Crippen LogP contribution in [0.25, 0.3) is 43.7 Å². The van der Waals surface area contributed by atoms with E-state index in [0.29, 0.717) is 97.2 Å². The van der Waals surface area contributed by atoms with Gasteiger partial charge >= 0.3 is 6.01 Å². The molecule has 4 aromatic carbocycles. The standard InChI is InChI=1S/C62H70F3N9O7/c1-2-42-47(64)21-19-38-28-41(75)29-45(53(38)42)56-55(65)57-46(33-68-56)58(71-61(70-57)81-36-62-25-13-27-73(62)35-40(63)30-62)72-26-12-14-37(34-72)31-66-50(76)17-9-7-5-3-4-6-8-10-18-51(77)67-32-39-20-22-48-54-43(39)15-11-16-44(54)60(80)74(48)49-23-24-52(78)69-59(49)79/h11,15-16,19-22,28-29,33,37,40,49,75H,2-10,12-14,17-18,23-27,30-32,34-36H2,1H3,(H,66,76)(H,67,77)(H,69,78,79)/t37?,40-,49?,62+/m1/s1. The number of anilines is 2. The Labute approximate surface area is 468 Å². The maximum atomic E-state index is 17.3. The third kappa shape index (κ3) is 11.5. The number of halogens is 3. The molecule has 0 radical (unpaired) electrons. The fourth-order valence-electron chi connectivity index (χ4n) is 13.3. The molecule has 4 fully saturated rings. The number of carbonyl (C=O) groups is 5. The van der Waals surface area contributed by atoms with Gasteiger partial charge in [0.25, 0.3) is 5.91 Å². The number of benzene rings is 4. The summed E-state index contributed by atoms with van der Waals surface area (Å²) < 4.78 is 53.6. The monoisotopic (exact) mass is 1110 g/mol. The molecule has 6 aromatic rings. The molecule has 0 aliphatic carbocycles. The molecule has 4 saturated heterocycles. The van der Waals surface area contributed by atoms with Crippen LogP contribution in [-0.4, -0.2) is 112 Å². The van der Waals surface area contributed by atoms with Crippen molar-refractivity contribution >= 4 is 73.5 Å². The van der Waals surface area contributed by atoms with Gasteiger partial charge in [-0.15, -0.1) is 0 Å². The van der Waals surface area contributed by atoms with Gasteiger partial charge < -0.3 is 25.4 Å². The topological polar surface area (TPSA) is 199 Å². The van der Waals surface area contributed by atoms with Crippen LogP contribution in [0.15, 0.2) is 60.8 Å². The van der Waals surface area contributed by atoms with Gasteiger partial charge in [0.2, 0.25) is 23.6 Å². The number of hydrogen-bond donors (Lipinski definition) is 4. The van der Waals surface area contributed by atoms with Crippen molar-refractivity contribution in [3.63, 3.8) is 0 Å². The summed E-state index contributed by atoms with van der Waals surface area (Å²) in [5.41, 5.74) is 2.01.